The van der Waals surface area contributed by atoms with Crippen LogP contribution in [0, 0.1) is 5.92 Å². The third-order valence-electron chi connectivity index (χ3n) is 5.13. The lowest BCUT2D eigenvalue weighted by molar-refractivity contribution is -0.210. The van der Waals surface area contributed by atoms with Gasteiger partial charge in [-0.3, -0.25) is 5.32 Å². The van der Waals surface area contributed by atoms with Crippen molar-refractivity contribution in [2.45, 2.75) is 51.0 Å². The molecule has 2 aromatic rings. The van der Waals surface area contributed by atoms with Gasteiger partial charge in [0.25, 0.3) is 0 Å². The highest BCUT2D eigenvalue weighted by molar-refractivity contribution is 5.64. The van der Waals surface area contributed by atoms with Crippen molar-refractivity contribution in [2.75, 3.05) is 11.9 Å². The van der Waals surface area contributed by atoms with E-state index in [0.717, 1.165) is 18.4 Å². The standard InChI is InChI=1S/C19H23F3N4O2/c1-2-4-11-5-3-6-12(7-11)14-9-15(25-26(14)19(20,21)22)24-18-17(28-18)13-8-16(27)23-10-13/h3,5-7,9,13,16-18,23,27H,2,4,8,10H2,1H3,(H,24,25)/t13-,16?,17?,18?/m1/s1. The Balaban J connectivity index is 1.55. The summed E-state index contributed by atoms with van der Waals surface area (Å²) in [4.78, 5) is 0. The first-order valence-electron chi connectivity index (χ1n) is 9.45. The van der Waals surface area contributed by atoms with Crippen LogP contribution in [0.15, 0.2) is 30.3 Å². The number of nitrogens with one attached hydrogen (secondary N) is 2. The Hall–Kier alpha value is -2.10. The molecule has 0 bridgehead atoms. The number of aryl methyl sites for hydroxylation is 1. The fraction of sp³-hybridized carbons (Fsp3) is 0.526. The van der Waals surface area contributed by atoms with Crippen molar-refractivity contribution in [3.8, 4) is 11.3 Å². The van der Waals surface area contributed by atoms with Gasteiger partial charge in [0.1, 0.15) is 12.3 Å². The average Bonchev–Trinajstić information content (AvgIpc) is 3.04. The predicted octanol–water partition coefficient (Wildman–Crippen LogP) is 3.04. The molecule has 0 aliphatic carbocycles. The number of aromatic nitrogens is 2. The molecule has 0 spiro atoms. The van der Waals surface area contributed by atoms with Gasteiger partial charge in [0.15, 0.2) is 12.0 Å². The van der Waals surface area contributed by atoms with Gasteiger partial charge in [-0.1, -0.05) is 31.5 Å². The molecule has 2 aliphatic heterocycles. The number of halogens is 3. The summed E-state index contributed by atoms with van der Waals surface area (Å²) in [6.07, 6.45) is -3.43. The smallest absolute Gasteiger partial charge is 0.379 e. The molecule has 1 aromatic heterocycles. The summed E-state index contributed by atoms with van der Waals surface area (Å²) in [7, 11) is 0. The number of benzene rings is 1. The number of hydrogen-bond donors (Lipinski definition) is 3. The molecule has 1 aromatic carbocycles. The number of nitrogens with zero attached hydrogens (tertiary/aromatic N) is 2. The fourth-order valence-corrected chi connectivity index (χ4v) is 3.76. The lowest BCUT2D eigenvalue weighted by atomic mass is 10.0. The molecular formula is C19H23F3N4O2. The maximum absolute atomic E-state index is 13.5. The molecular weight excluding hydrogens is 373 g/mol. The van der Waals surface area contributed by atoms with E-state index in [1.807, 2.05) is 13.0 Å². The quantitative estimate of drug-likeness (QED) is 0.655. The van der Waals surface area contributed by atoms with Crippen LogP contribution < -0.4 is 10.6 Å². The van der Waals surface area contributed by atoms with E-state index < -0.39 is 18.8 Å². The van der Waals surface area contributed by atoms with Crippen LogP contribution in [0.1, 0.15) is 25.3 Å². The largest absolute Gasteiger partial charge is 0.505 e. The zero-order valence-corrected chi connectivity index (χ0v) is 15.4. The molecule has 28 heavy (non-hydrogen) atoms. The Bertz CT molecular complexity index is 839. The van der Waals surface area contributed by atoms with Gasteiger partial charge in [-0.05, 0) is 24.5 Å². The normalized spacial score (nSPS) is 27.2. The zero-order valence-electron chi connectivity index (χ0n) is 15.4. The Morgan fingerprint density at radius 1 is 1.36 bits per heavy atom. The molecule has 3 N–H and O–H groups in total. The SMILES string of the molecule is CCCc1cccc(-c2cc(NC3OC3[C@H]3CNC(O)C3)nn2C(F)(F)F)c1. The molecule has 3 unspecified atom stereocenters. The van der Waals surface area contributed by atoms with Crippen LogP contribution in [0.2, 0.25) is 0 Å². The first-order chi connectivity index (χ1) is 13.3. The maximum Gasteiger partial charge on any atom is 0.505 e. The molecule has 0 saturated carbocycles. The van der Waals surface area contributed by atoms with Crippen LogP contribution in [0.3, 0.4) is 0 Å². The molecule has 3 heterocycles. The highest BCUT2D eigenvalue weighted by Crippen LogP contribution is 2.37. The Morgan fingerprint density at radius 3 is 2.86 bits per heavy atom. The number of rotatable bonds is 6. The van der Waals surface area contributed by atoms with Crippen molar-refractivity contribution < 1.29 is 23.0 Å². The predicted molar refractivity (Wildman–Crippen MR) is 97.4 cm³/mol. The zero-order chi connectivity index (χ0) is 19.9. The minimum absolute atomic E-state index is 0.0110. The van der Waals surface area contributed by atoms with E-state index in [0.29, 0.717) is 18.5 Å². The minimum atomic E-state index is -4.63. The monoisotopic (exact) mass is 396 g/mol. The van der Waals surface area contributed by atoms with Crippen molar-refractivity contribution in [2.24, 2.45) is 5.92 Å². The number of anilines is 1. The van der Waals surface area contributed by atoms with Crippen molar-refractivity contribution in [1.82, 2.24) is 15.1 Å². The van der Waals surface area contributed by atoms with Crippen molar-refractivity contribution >= 4 is 5.82 Å². The van der Waals surface area contributed by atoms with E-state index in [1.165, 1.54) is 6.07 Å². The summed E-state index contributed by atoms with van der Waals surface area (Å²) in [5.41, 5.74) is 1.45. The molecule has 4 rings (SSSR count). The van der Waals surface area contributed by atoms with Crippen LogP contribution in [-0.4, -0.2) is 40.0 Å². The first kappa shape index (κ1) is 19.2. The number of epoxide rings is 1. The summed E-state index contributed by atoms with van der Waals surface area (Å²) < 4.78 is 46.2. The first-order valence-corrected chi connectivity index (χ1v) is 9.45. The topological polar surface area (TPSA) is 74.6 Å². The summed E-state index contributed by atoms with van der Waals surface area (Å²) >= 11 is 0. The van der Waals surface area contributed by atoms with Gasteiger partial charge in [0, 0.05) is 24.1 Å². The third-order valence-corrected chi connectivity index (χ3v) is 5.13. The van der Waals surface area contributed by atoms with E-state index in [9.17, 15) is 18.3 Å². The second kappa shape index (κ2) is 7.38. The van der Waals surface area contributed by atoms with Crippen LogP contribution in [-0.2, 0) is 17.5 Å². The Morgan fingerprint density at radius 2 is 2.18 bits per heavy atom. The average molecular weight is 396 g/mol. The number of hydrogen-bond acceptors (Lipinski definition) is 5. The number of aliphatic hydroxyl groups is 1. The van der Waals surface area contributed by atoms with Crippen LogP contribution >= 0.6 is 0 Å². The van der Waals surface area contributed by atoms with Crippen molar-refractivity contribution in [1.29, 1.82) is 0 Å². The molecule has 2 aliphatic rings. The van der Waals surface area contributed by atoms with Gasteiger partial charge in [-0.2, -0.15) is 4.68 Å². The van der Waals surface area contributed by atoms with Gasteiger partial charge in [-0.15, -0.1) is 18.3 Å². The second-order valence-corrected chi connectivity index (χ2v) is 7.33. The van der Waals surface area contributed by atoms with E-state index in [4.69, 9.17) is 4.74 Å². The molecule has 9 heteroatoms. The van der Waals surface area contributed by atoms with Crippen molar-refractivity contribution in [3.63, 3.8) is 0 Å². The van der Waals surface area contributed by atoms with Gasteiger partial charge >= 0.3 is 6.30 Å². The highest BCUT2D eigenvalue weighted by atomic mass is 19.4. The lowest BCUT2D eigenvalue weighted by Gasteiger charge is -2.11. The summed E-state index contributed by atoms with van der Waals surface area (Å²) in [6, 6.07) is 8.50. The Labute approximate surface area is 160 Å². The number of ether oxygens (including phenoxy) is 1. The molecule has 2 saturated heterocycles. The minimum Gasteiger partial charge on any atom is -0.379 e. The summed E-state index contributed by atoms with van der Waals surface area (Å²) in [5, 5.41) is 19.1. The van der Waals surface area contributed by atoms with Gasteiger partial charge in [0.2, 0.25) is 0 Å². The van der Waals surface area contributed by atoms with E-state index in [2.05, 4.69) is 15.7 Å². The van der Waals surface area contributed by atoms with E-state index >= 15 is 0 Å². The third kappa shape index (κ3) is 4.01. The molecule has 0 amide bonds. The summed E-state index contributed by atoms with van der Waals surface area (Å²) in [6.45, 7) is 2.65. The van der Waals surface area contributed by atoms with Crippen LogP contribution in [0.4, 0.5) is 19.0 Å². The van der Waals surface area contributed by atoms with Gasteiger partial charge in [-0.25, -0.2) is 0 Å². The summed E-state index contributed by atoms with van der Waals surface area (Å²) in [5.74, 6) is 0.245. The number of aliphatic hydroxyl groups excluding tert-OH is 1. The Kier molecular flexibility index (Phi) is 5.07. The maximum atomic E-state index is 13.5. The highest BCUT2D eigenvalue weighted by Gasteiger charge is 2.48. The van der Waals surface area contributed by atoms with Crippen LogP contribution in [0.25, 0.3) is 11.3 Å². The number of alkyl halides is 3. The molecule has 152 valence electrons. The lowest BCUT2D eigenvalue weighted by Crippen LogP contribution is -2.21. The van der Waals surface area contributed by atoms with Crippen LogP contribution in [0.5, 0.6) is 0 Å². The van der Waals surface area contributed by atoms with E-state index in [1.54, 1.807) is 18.2 Å². The molecule has 4 atom stereocenters. The van der Waals surface area contributed by atoms with Crippen molar-refractivity contribution in [3.05, 3.63) is 35.9 Å². The fourth-order valence-electron chi connectivity index (χ4n) is 3.76. The van der Waals surface area contributed by atoms with E-state index in [-0.39, 0.29) is 28.2 Å². The second-order valence-electron chi connectivity index (χ2n) is 7.33. The van der Waals surface area contributed by atoms with Gasteiger partial charge < -0.3 is 15.2 Å². The molecule has 0 radical (unpaired) electrons. The molecule has 6 nitrogen and oxygen atoms in total. The molecule has 2 fully saturated rings. The van der Waals surface area contributed by atoms with Gasteiger partial charge in [0.05, 0.1) is 5.69 Å².